The number of primary amides is 1. The van der Waals surface area contributed by atoms with E-state index in [1.165, 1.54) is 12.1 Å². The first-order chi connectivity index (χ1) is 11.0. The van der Waals surface area contributed by atoms with Crippen LogP contribution in [0.3, 0.4) is 0 Å². The number of benzene rings is 1. The highest BCUT2D eigenvalue weighted by Gasteiger charge is 2.26. The van der Waals surface area contributed by atoms with Crippen LogP contribution in [0.25, 0.3) is 0 Å². The highest BCUT2D eigenvalue weighted by molar-refractivity contribution is 5.78. The SMILES string of the molecule is C[C@H](COc1cccc(F)c1)NC(=O)N1CCC(C(N)=O)CC1. The Hall–Kier alpha value is -2.31. The molecule has 7 heteroatoms. The number of likely N-dealkylation sites (tertiary alicyclic amines) is 1. The van der Waals surface area contributed by atoms with E-state index < -0.39 is 0 Å². The molecule has 0 aromatic heterocycles. The number of piperidine rings is 1. The lowest BCUT2D eigenvalue weighted by molar-refractivity contribution is -0.123. The van der Waals surface area contributed by atoms with Gasteiger partial charge in [0.25, 0.3) is 0 Å². The van der Waals surface area contributed by atoms with Crippen LogP contribution in [0.2, 0.25) is 0 Å². The van der Waals surface area contributed by atoms with Crippen molar-refractivity contribution in [2.24, 2.45) is 11.7 Å². The molecule has 0 saturated carbocycles. The molecule has 1 aromatic rings. The summed E-state index contributed by atoms with van der Waals surface area (Å²) in [5.74, 6) is -0.389. The largest absolute Gasteiger partial charge is 0.491 e. The molecule has 0 spiro atoms. The first-order valence-electron chi connectivity index (χ1n) is 7.69. The molecule has 1 fully saturated rings. The molecule has 1 atom stereocenters. The molecule has 23 heavy (non-hydrogen) atoms. The van der Waals surface area contributed by atoms with Crippen LogP contribution in [0.4, 0.5) is 9.18 Å². The van der Waals surface area contributed by atoms with E-state index in [-0.39, 0.29) is 36.3 Å². The number of rotatable bonds is 5. The number of amides is 3. The Morgan fingerprint density at radius 2 is 2.13 bits per heavy atom. The van der Waals surface area contributed by atoms with Gasteiger partial charge in [-0.15, -0.1) is 0 Å². The molecule has 0 radical (unpaired) electrons. The molecule has 3 N–H and O–H groups in total. The highest BCUT2D eigenvalue weighted by Crippen LogP contribution is 2.16. The summed E-state index contributed by atoms with van der Waals surface area (Å²) >= 11 is 0. The fourth-order valence-electron chi connectivity index (χ4n) is 2.49. The Morgan fingerprint density at radius 3 is 2.74 bits per heavy atom. The molecule has 0 aliphatic carbocycles. The van der Waals surface area contributed by atoms with Crippen LogP contribution in [-0.2, 0) is 4.79 Å². The number of nitrogens with zero attached hydrogens (tertiary/aromatic N) is 1. The molecule has 1 heterocycles. The maximum absolute atomic E-state index is 13.0. The van der Waals surface area contributed by atoms with Gasteiger partial charge in [0.2, 0.25) is 5.91 Å². The second-order valence-corrected chi connectivity index (χ2v) is 5.78. The van der Waals surface area contributed by atoms with Gasteiger partial charge in [0.05, 0.1) is 6.04 Å². The summed E-state index contributed by atoms with van der Waals surface area (Å²) in [4.78, 5) is 24.9. The van der Waals surface area contributed by atoms with Crippen molar-refractivity contribution >= 4 is 11.9 Å². The Bertz CT molecular complexity index is 559. The standard InChI is InChI=1S/C16H22FN3O3/c1-11(10-23-14-4-2-3-13(17)9-14)19-16(22)20-7-5-12(6-8-20)15(18)21/h2-4,9,11-12H,5-8,10H2,1H3,(H2,18,21)(H,19,22)/t11-/m1/s1. The number of halogens is 1. The minimum Gasteiger partial charge on any atom is -0.491 e. The molecule has 3 amide bonds. The monoisotopic (exact) mass is 323 g/mol. The van der Waals surface area contributed by atoms with Gasteiger partial charge in [0.1, 0.15) is 18.2 Å². The summed E-state index contributed by atoms with van der Waals surface area (Å²) in [7, 11) is 0. The van der Waals surface area contributed by atoms with Crippen molar-refractivity contribution in [3.63, 3.8) is 0 Å². The van der Waals surface area contributed by atoms with E-state index in [0.29, 0.717) is 31.7 Å². The van der Waals surface area contributed by atoms with Crippen LogP contribution in [0, 0.1) is 11.7 Å². The maximum Gasteiger partial charge on any atom is 0.317 e. The number of nitrogens with two attached hydrogens (primary N) is 1. The summed E-state index contributed by atoms with van der Waals surface area (Å²) in [5.41, 5.74) is 5.27. The van der Waals surface area contributed by atoms with Gasteiger partial charge in [-0.05, 0) is 31.9 Å². The summed E-state index contributed by atoms with van der Waals surface area (Å²) < 4.78 is 18.5. The van der Waals surface area contributed by atoms with Crippen molar-refractivity contribution in [3.05, 3.63) is 30.1 Å². The molecule has 2 rings (SSSR count). The van der Waals surface area contributed by atoms with Gasteiger partial charge < -0.3 is 20.7 Å². The third-order valence-electron chi connectivity index (χ3n) is 3.85. The number of hydrogen-bond donors (Lipinski definition) is 2. The normalized spacial score (nSPS) is 16.7. The van der Waals surface area contributed by atoms with Crippen molar-refractivity contribution in [1.29, 1.82) is 0 Å². The van der Waals surface area contributed by atoms with Crippen molar-refractivity contribution in [2.75, 3.05) is 19.7 Å². The van der Waals surface area contributed by atoms with Gasteiger partial charge in [0, 0.05) is 25.1 Å². The fraction of sp³-hybridized carbons (Fsp3) is 0.500. The molecular weight excluding hydrogens is 301 g/mol. The van der Waals surface area contributed by atoms with E-state index in [9.17, 15) is 14.0 Å². The average Bonchev–Trinajstić information content (AvgIpc) is 2.53. The van der Waals surface area contributed by atoms with Gasteiger partial charge in [-0.25, -0.2) is 9.18 Å². The van der Waals surface area contributed by atoms with E-state index in [4.69, 9.17) is 10.5 Å². The number of carbonyl (C=O) groups excluding carboxylic acids is 2. The quantitative estimate of drug-likeness (QED) is 0.861. The molecule has 1 saturated heterocycles. The first kappa shape index (κ1) is 17.1. The van der Waals surface area contributed by atoms with Crippen LogP contribution in [-0.4, -0.2) is 42.6 Å². The van der Waals surface area contributed by atoms with Crippen LogP contribution < -0.4 is 15.8 Å². The van der Waals surface area contributed by atoms with Crippen LogP contribution in [0.1, 0.15) is 19.8 Å². The smallest absolute Gasteiger partial charge is 0.317 e. The van der Waals surface area contributed by atoms with Crippen molar-refractivity contribution in [1.82, 2.24) is 10.2 Å². The molecule has 6 nitrogen and oxygen atoms in total. The lowest BCUT2D eigenvalue weighted by Crippen LogP contribution is -2.49. The maximum atomic E-state index is 13.0. The van der Waals surface area contributed by atoms with Gasteiger partial charge in [-0.3, -0.25) is 4.79 Å². The third kappa shape index (κ3) is 5.12. The van der Waals surface area contributed by atoms with E-state index in [2.05, 4.69) is 5.32 Å². The lowest BCUT2D eigenvalue weighted by atomic mass is 9.96. The van der Waals surface area contributed by atoms with Crippen molar-refractivity contribution < 1.29 is 18.7 Å². The third-order valence-corrected chi connectivity index (χ3v) is 3.85. The van der Waals surface area contributed by atoms with Gasteiger partial charge in [-0.2, -0.15) is 0 Å². The lowest BCUT2D eigenvalue weighted by Gasteiger charge is -2.31. The number of carbonyl (C=O) groups is 2. The van der Waals surface area contributed by atoms with E-state index in [1.807, 2.05) is 6.92 Å². The minimum atomic E-state index is -0.364. The predicted octanol–water partition coefficient (Wildman–Crippen LogP) is 1.50. The number of ether oxygens (including phenoxy) is 1. The number of hydrogen-bond acceptors (Lipinski definition) is 3. The zero-order chi connectivity index (χ0) is 16.8. The van der Waals surface area contributed by atoms with Crippen LogP contribution >= 0.6 is 0 Å². The molecular formula is C16H22FN3O3. The molecule has 1 aromatic carbocycles. The minimum absolute atomic E-state index is 0.146. The van der Waals surface area contributed by atoms with Crippen molar-refractivity contribution in [2.45, 2.75) is 25.8 Å². The Kier molecular flexibility index (Phi) is 5.78. The zero-order valence-electron chi connectivity index (χ0n) is 13.1. The van der Waals surface area contributed by atoms with E-state index >= 15 is 0 Å². The Labute approximate surface area is 134 Å². The fourth-order valence-corrected chi connectivity index (χ4v) is 2.49. The molecule has 0 bridgehead atoms. The predicted molar refractivity (Wildman–Crippen MR) is 83.4 cm³/mol. The molecule has 1 aliphatic heterocycles. The summed E-state index contributed by atoms with van der Waals surface area (Å²) in [6.45, 7) is 3.08. The topological polar surface area (TPSA) is 84.7 Å². The summed E-state index contributed by atoms with van der Waals surface area (Å²) in [6.07, 6.45) is 1.19. The van der Waals surface area contributed by atoms with E-state index in [1.54, 1.807) is 17.0 Å². The average molecular weight is 323 g/mol. The first-order valence-corrected chi connectivity index (χ1v) is 7.69. The Balaban J connectivity index is 1.73. The van der Waals surface area contributed by atoms with Crippen LogP contribution in [0.5, 0.6) is 5.75 Å². The second kappa shape index (κ2) is 7.80. The summed E-state index contributed by atoms with van der Waals surface area (Å²) in [5, 5.41) is 2.83. The van der Waals surface area contributed by atoms with Gasteiger partial charge in [-0.1, -0.05) is 6.07 Å². The van der Waals surface area contributed by atoms with E-state index in [0.717, 1.165) is 0 Å². The number of urea groups is 1. The molecule has 126 valence electrons. The van der Waals surface area contributed by atoms with Gasteiger partial charge in [0.15, 0.2) is 0 Å². The van der Waals surface area contributed by atoms with Crippen molar-refractivity contribution in [3.8, 4) is 5.75 Å². The number of nitrogens with one attached hydrogen (secondary N) is 1. The second-order valence-electron chi connectivity index (χ2n) is 5.78. The highest BCUT2D eigenvalue weighted by atomic mass is 19.1. The zero-order valence-corrected chi connectivity index (χ0v) is 13.1. The molecule has 0 unspecified atom stereocenters. The Morgan fingerprint density at radius 1 is 1.43 bits per heavy atom. The summed E-state index contributed by atoms with van der Waals surface area (Å²) in [6, 6.07) is 5.45. The van der Waals surface area contributed by atoms with Gasteiger partial charge >= 0.3 is 6.03 Å². The molecule has 1 aliphatic rings. The van der Waals surface area contributed by atoms with Crippen LogP contribution in [0.15, 0.2) is 24.3 Å².